The average molecular weight is 242 g/mol. The first kappa shape index (κ1) is 12.2. The summed E-state index contributed by atoms with van der Waals surface area (Å²) in [6, 6.07) is 5.13. The van der Waals surface area contributed by atoms with Crippen molar-refractivity contribution in [1.29, 1.82) is 0 Å². The molecule has 0 aromatic carbocycles. The van der Waals surface area contributed by atoms with E-state index in [1.165, 1.54) is 6.20 Å². The Morgan fingerprint density at radius 3 is 2.76 bits per heavy atom. The van der Waals surface area contributed by atoms with Crippen molar-refractivity contribution in [1.82, 2.24) is 9.88 Å². The molecule has 5 heteroatoms. The summed E-state index contributed by atoms with van der Waals surface area (Å²) in [7, 11) is 0. The van der Waals surface area contributed by atoms with E-state index in [1.807, 2.05) is 13.8 Å². The largest absolute Gasteiger partial charge is 0.466 e. The quantitative estimate of drug-likeness (QED) is 0.812. The summed E-state index contributed by atoms with van der Waals surface area (Å²) in [5.41, 5.74) is 0. The summed E-state index contributed by atoms with van der Waals surface area (Å²) >= 11 is 0. The van der Waals surface area contributed by atoms with Gasteiger partial charge in [-0.25, -0.2) is 13.8 Å². The Hall–Kier alpha value is -1.23. The Labute approximate surface area is 99.4 Å². The number of likely N-dealkylation sites (tertiary alicyclic amines) is 1. The van der Waals surface area contributed by atoms with Gasteiger partial charge in [0.05, 0.1) is 6.54 Å². The van der Waals surface area contributed by atoms with Gasteiger partial charge in [0, 0.05) is 24.8 Å². The molecule has 0 spiro atoms. The van der Waals surface area contributed by atoms with E-state index >= 15 is 0 Å². The second-order valence-electron chi connectivity index (χ2n) is 4.56. The van der Waals surface area contributed by atoms with Gasteiger partial charge < -0.3 is 4.74 Å². The fourth-order valence-corrected chi connectivity index (χ4v) is 1.86. The molecule has 0 N–H and O–H groups in total. The van der Waals surface area contributed by atoms with Crippen LogP contribution in [0.5, 0.6) is 5.88 Å². The summed E-state index contributed by atoms with van der Waals surface area (Å²) in [5.74, 6) is -2.57. The Morgan fingerprint density at radius 1 is 1.47 bits per heavy atom. The van der Waals surface area contributed by atoms with Gasteiger partial charge in [-0.1, -0.05) is 6.07 Å². The molecule has 2 heterocycles. The zero-order valence-corrected chi connectivity index (χ0v) is 9.94. The molecule has 3 nitrogen and oxygen atoms in total. The number of nitrogens with zero attached hydrogens (tertiary/aromatic N) is 2. The second kappa shape index (κ2) is 4.56. The van der Waals surface area contributed by atoms with Crippen molar-refractivity contribution in [2.45, 2.75) is 31.9 Å². The van der Waals surface area contributed by atoms with Gasteiger partial charge in [-0.15, -0.1) is 0 Å². The third-order valence-corrected chi connectivity index (χ3v) is 2.92. The van der Waals surface area contributed by atoms with Crippen molar-refractivity contribution in [3.63, 3.8) is 0 Å². The number of ether oxygens (including phenoxy) is 1. The summed E-state index contributed by atoms with van der Waals surface area (Å²) in [5, 5.41) is 0. The van der Waals surface area contributed by atoms with Crippen molar-refractivity contribution < 1.29 is 13.5 Å². The first-order valence-corrected chi connectivity index (χ1v) is 5.68. The minimum Gasteiger partial charge on any atom is -0.466 e. The number of aromatic nitrogens is 1. The number of halogens is 2. The standard InChI is InChI=1S/C12H16F2N2O/c1-9(2)16-7-10(12(13,14)8-16)17-11-5-3-4-6-15-11/h3-6,9-10H,7-8H2,1-2H3/t10-/m0/s1. The molecule has 0 unspecified atom stereocenters. The van der Waals surface area contributed by atoms with E-state index in [2.05, 4.69) is 4.98 Å². The molecule has 1 atom stereocenters. The molecule has 1 aliphatic heterocycles. The molecule has 0 amide bonds. The molecule has 17 heavy (non-hydrogen) atoms. The smallest absolute Gasteiger partial charge is 0.297 e. The van der Waals surface area contributed by atoms with Crippen LogP contribution in [0.3, 0.4) is 0 Å². The van der Waals surface area contributed by atoms with Crippen molar-refractivity contribution in [3.05, 3.63) is 24.4 Å². The topological polar surface area (TPSA) is 25.4 Å². The van der Waals surface area contributed by atoms with Crippen LogP contribution in [-0.4, -0.2) is 41.0 Å². The maximum Gasteiger partial charge on any atom is 0.297 e. The second-order valence-corrected chi connectivity index (χ2v) is 4.56. The Balaban J connectivity index is 2.06. The zero-order valence-electron chi connectivity index (χ0n) is 9.94. The number of rotatable bonds is 3. The van der Waals surface area contributed by atoms with Crippen LogP contribution in [-0.2, 0) is 0 Å². The molecule has 1 aliphatic rings. The van der Waals surface area contributed by atoms with E-state index in [-0.39, 0.29) is 25.0 Å². The van der Waals surface area contributed by atoms with E-state index in [9.17, 15) is 8.78 Å². The highest BCUT2D eigenvalue weighted by molar-refractivity contribution is 5.11. The predicted octanol–water partition coefficient (Wildman–Crippen LogP) is 2.19. The van der Waals surface area contributed by atoms with E-state index < -0.39 is 12.0 Å². The zero-order chi connectivity index (χ0) is 12.5. The Kier molecular flexibility index (Phi) is 3.28. The third-order valence-electron chi connectivity index (χ3n) is 2.92. The highest BCUT2D eigenvalue weighted by Crippen LogP contribution is 2.31. The lowest BCUT2D eigenvalue weighted by molar-refractivity contribution is -0.0637. The van der Waals surface area contributed by atoms with Gasteiger partial charge in [-0.2, -0.15) is 0 Å². The van der Waals surface area contributed by atoms with E-state index in [4.69, 9.17) is 4.74 Å². The maximum atomic E-state index is 13.7. The number of hydrogen-bond donors (Lipinski definition) is 0. The summed E-state index contributed by atoms with van der Waals surface area (Å²) in [4.78, 5) is 5.62. The molecule has 2 rings (SSSR count). The SMILES string of the molecule is CC(C)N1C[C@H](Oc2ccccn2)C(F)(F)C1. The van der Waals surface area contributed by atoms with Gasteiger partial charge >= 0.3 is 0 Å². The first-order chi connectivity index (χ1) is 7.99. The molecule has 0 bridgehead atoms. The lowest BCUT2D eigenvalue weighted by Crippen LogP contribution is -2.36. The molecule has 94 valence electrons. The minimum atomic E-state index is -2.82. The molecule has 0 saturated carbocycles. The molecular weight excluding hydrogens is 226 g/mol. The summed E-state index contributed by atoms with van der Waals surface area (Å²) < 4.78 is 32.7. The molecule has 1 aromatic rings. The molecule has 1 saturated heterocycles. The molecule has 0 radical (unpaired) electrons. The number of alkyl halides is 2. The van der Waals surface area contributed by atoms with Gasteiger partial charge in [0.15, 0.2) is 6.10 Å². The van der Waals surface area contributed by atoms with Crippen LogP contribution in [0, 0.1) is 0 Å². The van der Waals surface area contributed by atoms with E-state index in [0.29, 0.717) is 0 Å². The van der Waals surface area contributed by atoms with Gasteiger partial charge in [-0.3, -0.25) is 4.90 Å². The minimum absolute atomic E-state index is 0.0956. The lowest BCUT2D eigenvalue weighted by atomic mass is 10.2. The highest BCUT2D eigenvalue weighted by Gasteiger charge is 2.50. The van der Waals surface area contributed by atoms with Crippen molar-refractivity contribution in [2.24, 2.45) is 0 Å². The van der Waals surface area contributed by atoms with Gasteiger partial charge in [0.1, 0.15) is 0 Å². The number of hydrogen-bond acceptors (Lipinski definition) is 3. The van der Waals surface area contributed by atoms with Crippen LogP contribution in [0.25, 0.3) is 0 Å². The molecule has 1 fully saturated rings. The number of pyridine rings is 1. The van der Waals surface area contributed by atoms with Crippen LogP contribution in [0.15, 0.2) is 24.4 Å². The molecular formula is C12H16F2N2O. The van der Waals surface area contributed by atoms with Crippen LogP contribution >= 0.6 is 0 Å². The summed E-state index contributed by atoms with van der Waals surface area (Å²) in [6.45, 7) is 3.79. The normalized spacial score (nSPS) is 24.2. The van der Waals surface area contributed by atoms with Gasteiger partial charge in [0.2, 0.25) is 5.88 Å². The highest BCUT2D eigenvalue weighted by atomic mass is 19.3. The van der Waals surface area contributed by atoms with E-state index in [1.54, 1.807) is 23.1 Å². The Morgan fingerprint density at radius 2 is 2.24 bits per heavy atom. The van der Waals surface area contributed by atoms with Crippen molar-refractivity contribution >= 4 is 0 Å². The molecule has 0 aliphatic carbocycles. The molecule has 1 aromatic heterocycles. The van der Waals surface area contributed by atoms with Crippen LogP contribution in [0.1, 0.15) is 13.8 Å². The monoisotopic (exact) mass is 242 g/mol. The average Bonchev–Trinajstić information content (AvgIpc) is 2.56. The summed E-state index contributed by atoms with van der Waals surface area (Å²) in [6.07, 6.45) is 0.419. The predicted molar refractivity (Wildman–Crippen MR) is 60.3 cm³/mol. The van der Waals surface area contributed by atoms with Crippen LogP contribution in [0.4, 0.5) is 8.78 Å². The van der Waals surface area contributed by atoms with E-state index in [0.717, 1.165) is 0 Å². The van der Waals surface area contributed by atoms with Gasteiger partial charge in [0.25, 0.3) is 5.92 Å². The van der Waals surface area contributed by atoms with Crippen LogP contribution in [0.2, 0.25) is 0 Å². The third kappa shape index (κ3) is 2.72. The lowest BCUT2D eigenvalue weighted by Gasteiger charge is -2.18. The first-order valence-electron chi connectivity index (χ1n) is 5.68. The van der Waals surface area contributed by atoms with Crippen LogP contribution < -0.4 is 4.74 Å². The fourth-order valence-electron chi connectivity index (χ4n) is 1.86. The van der Waals surface area contributed by atoms with Gasteiger partial charge in [-0.05, 0) is 19.9 Å². The Bertz CT molecular complexity index is 370. The van der Waals surface area contributed by atoms with Crippen molar-refractivity contribution in [2.75, 3.05) is 13.1 Å². The van der Waals surface area contributed by atoms with Crippen molar-refractivity contribution in [3.8, 4) is 5.88 Å². The fraction of sp³-hybridized carbons (Fsp3) is 0.583. The maximum absolute atomic E-state index is 13.7.